The Labute approximate surface area is 147 Å². The summed E-state index contributed by atoms with van der Waals surface area (Å²) in [7, 11) is 0. The van der Waals surface area contributed by atoms with E-state index in [-0.39, 0.29) is 6.03 Å². The molecule has 0 aliphatic heterocycles. The number of hydrogen-bond acceptors (Lipinski definition) is 4. The highest BCUT2D eigenvalue weighted by Crippen LogP contribution is 2.47. The van der Waals surface area contributed by atoms with Gasteiger partial charge in [0, 0.05) is 18.5 Å². The van der Waals surface area contributed by atoms with Crippen molar-refractivity contribution >= 4 is 6.03 Å². The van der Waals surface area contributed by atoms with Gasteiger partial charge in [0.25, 0.3) is 0 Å². The first kappa shape index (κ1) is 16.2. The van der Waals surface area contributed by atoms with Crippen LogP contribution in [0.25, 0.3) is 0 Å². The number of amides is 2. The summed E-state index contributed by atoms with van der Waals surface area (Å²) in [5, 5.41) is 10.9. The van der Waals surface area contributed by atoms with Crippen LogP contribution in [0.3, 0.4) is 0 Å². The lowest BCUT2D eigenvalue weighted by Gasteiger charge is -2.21. The quantitative estimate of drug-likeness (QED) is 0.839. The molecule has 2 atom stereocenters. The Kier molecular flexibility index (Phi) is 4.23. The first-order chi connectivity index (χ1) is 12.2. The van der Waals surface area contributed by atoms with Crippen LogP contribution in [0.15, 0.2) is 22.9 Å². The Morgan fingerprint density at radius 3 is 2.92 bits per heavy atom. The summed E-state index contributed by atoms with van der Waals surface area (Å²) < 4.78 is 7.90. The molecule has 2 aromatic rings. The molecule has 2 amide bonds. The van der Waals surface area contributed by atoms with Gasteiger partial charge in [-0.3, -0.25) is 0 Å². The summed E-state index contributed by atoms with van der Waals surface area (Å²) in [6, 6.07) is 4.33. The molecule has 2 fully saturated rings. The van der Waals surface area contributed by atoms with E-state index in [1.807, 2.05) is 22.5 Å². The fourth-order valence-corrected chi connectivity index (χ4v) is 3.25. The van der Waals surface area contributed by atoms with E-state index in [0.717, 1.165) is 42.6 Å². The second kappa shape index (κ2) is 6.54. The van der Waals surface area contributed by atoms with Crippen LogP contribution in [0.2, 0.25) is 0 Å². The molecule has 0 bridgehead atoms. The van der Waals surface area contributed by atoms with Crippen molar-refractivity contribution in [3.8, 4) is 0 Å². The van der Waals surface area contributed by atoms with Gasteiger partial charge in [-0.05, 0) is 44.2 Å². The normalized spacial score (nSPS) is 22.0. The minimum Gasteiger partial charge on any atom is -0.464 e. The molecule has 2 heterocycles. The first-order valence-corrected chi connectivity index (χ1v) is 9.15. The van der Waals surface area contributed by atoms with Crippen LogP contribution in [0.1, 0.15) is 56.4 Å². The third-order valence-electron chi connectivity index (χ3n) is 5.17. The number of urea groups is 1. The number of carbonyl (C=O) groups excluding carboxylic acids is 1. The van der Waals surface area contributed by atoms with Gasteiger partial charge in [-0.2, -0.15) is 0 Å². The van der Waals surface area contributed by atoms with Crippen molar-refractivity contribution in [1.82, 2.24) is 25.0 Å². The fraction of sp³-hybridized carbons (Fsp3) is 0.611. The molecule has 2 unspecified atom stereocenters. The SMILES string of the molecule is CCn1cnnc1CNC(=O)N(Cc1ccc(C2CC2C)o1)C1CC1. The van der Waals surface area contributed by atoms with Crippen molar-refractivity contribution in [3.05, 3.63) is 35.8 Å². The van der Waals surface area contributed by atoms with Crippen molar-refractivity contribution in [2.24, 2.45) is 5.92 Å². The molecule has 0 radical (unpaired) electrons. The van der Waals surface area contributed by atoms with E-state index in [1.54, 1.807) is 6.33 Å². The van der Waals surface area contributed by atoms with E-state index in [4.69, 9.17) is 4.42 Å². The maximum absolute atomic E-state index is 12.6. The lowest BCUT2D eigenvalue weighted by atomic mass is 10.3. The van der Waals surface area contributed by atoms with Gasteiger partial charge in [0.15, 0.2) is 5.82 Å². The van der Waals surface area contributed by atoms with E-state index in [0.29, 0.717) is 25.0 Å². The molecular formula is C18H25N5O2. The molecule has 2 aliphatic rings. The molecule has 0 saturated heterocycles. The van der Waals surface area contributed by atoms with Gasteiger partial charge in [-0.15, -0.1) is 10.2 Å². The first-order valence-electron chi connectivity index (χ1n) is 9.15. The Morgan fingerprint density at radius 2 is 2.24 bits per heavy atom. The minimum absolute atomic E-state index is 0.0640. The van der Waals surface area contributed by atoms with Crippen LogP contribution in [0.4, 0.5) is 4.79 Å². The average Bonchev–Trinajstić information content (AvgIpc) is 3.48. The highest BCUT2D eigenvalue weighted by molar-refractivity contribution is 5.74. The van der Waals surface area contributed by atoms with Crippen molar-refractivity contribution in [2.75, 3.05) is 0 Å². The molecule has 2 saturated carbocycles. The number of furan rings is 1. The van der Waals surface area contributed by atoms with Crippen LogP contribution >= 0.6 is 0 Å². The van der Waals surface area contributed by atoms with Gasteiger partial charge in [-0.1, -0.05) is 6.92 Å². The van der Waals surface area contributed by atoms with Gasteiger partial charge in [0.05, 0.1) is 13.1 Å². The van der Waals surface area contributed by atoms with Crippen LogP contribution in [-0.2, 0) is 19.6 Å². The molecular weight excluding hydrogens is 318 g/mol. The van der Waals surface area contributed by atoms with Crippen LogP contribution in [-0.4, -0.2) is 31.7 Å². The zero-order valence-corrected chi connectivity index (χ0v) is 14.8. The van der Waals surface area contributed by atoms with Crippen molar-refractivity contribution in [3.63, 3.8) is 0 Å². The second-order valence-electron chi connectivity index (χ2n) is 7.17. The van der Waals surface area contributed by atoms with Crippen LogP contribution < -0.4 is 5.32 Å². The van der Waals surface area contributed by atoms with E-state index >= 15 is 0 Å². The van der Waals surface area contributed by atoms with Crippen molar-refractivity contribution in [2.45, 2.75) is 64.7 Å². The smallest absolute Gasteiger partial charge is 0.318 e. The Hall–Kier alpha value is -2.31. The molecule has 0 aromatic carbocycles. The molecule has 1 N–H and O–H groups in total. The molecule has 25 heavy (non-hydrogen) atoms. The summed E-state index contributed by atoms with van der Waals surface area (Å²) in [5.74, 6) is 3.99. The number of hydrogen-bond donors (Lipinski definition) is 1. The van der Waals surface area contributed by atoms with Gasteiger partial charge in [0.1, 0.15) is 17.8 Å². The zero-order chi connectivity index (χ0) is 17.4. The van der Waals surface area contributed by atoms with E-state index < -0.39 is 0 Å². The topological polar surface area (TPSA) is 76.2 Å². The lowest BCUT2D eigenvalue weighted by molar-refractivity contribution is 0.185. The third-order valence-corrected chi connectivity index (χ3v) is 5.17. The number of nitrogens with one attached hydrogen (secondary N) is 1. The average molecular weight is 343 g/mol. The van der Waals surface area contributed by atoms with Gasteiger partial charge < -0.3 is 19.2 Å². The van der Waals surface area contributed by atoms with Crippen LogP contribution in [0.5, 0.6) is 0 Å². The van der Waals surface area contributed by atoms with E-state index in [1.165, 1.54) is 6.42 Å². The third kappa shape index (κ3) is 3.55. The highest BCUT2D eigenvalue weighted by atomic mass is 16.3. The minimum atomic E-state index is -0.0640. The summed E-state index contributed by atoms with van der Waals surface area (Å²) in [6.07, 6.45) is 5.01. The second-order valence-corrected chi connectivity index (χ2v) is 7.17. The molecule has 7 heteroatoms. The van der Waals surface area contributed by atoms with Crippen molar-refractivity contribution in [1.29, 1.82) is 0 Å². The van der Waals surface area contributed by atoms with E-state index in [9.17, 15) is 4.79 Å². The summed E-state index contributed by atoms with van der Waals surface area (Å²) >= 11 is 0. The fourth-order valence-electron chi connectivity index (χ4n) is 3.25. The zero-order valence-electron chi connectivity index (χ0n) is 14.8. The molecule has 2 aliphatic carbocycles. The monoisotopic (exact) mass is 343 g/mol. The maximum atomic E-state index is 12.6. The number of nitrogens with zero attached hydrogens (tertiary/aromatic N) is 4. The maximum Gasteiger partial charge on any atom is 0.318 e. The summed E-state index contributed by atoms with van der Waals surface area (Å²) in [5.41, 5.74) is 0. The number of rotatable bonds is 7. The lowest BCUT2D eigenvalue weighted by Crippen LogP contribution is -2.40. The van der Waals surface area contributed by atoms with Gasteiger partial charge in [0.2, 0.25) is 0 Å². The highest BCUT2D eigenvalue weighted by Gasteiger charge is 2.37. The van der Waals surface area contributed by atoms with Gasteiger partial charge in [-0.25, -0.2) is 4.79 Å². The Morgan fingerprint density at radius 1 is 1.44 bits per heavy atom. The largest absolute Gasteiger partial charge is 0.464 e. The summed E-state index contributed by atoms with van der Waals surface area (Å²) in [4.78, 5) is 14.5. The molecule has 134 valence electrons. The predicted molar refractivity (Wildman–Crippen MR) is 91.7 cm³/mol. The van der Waals surface area contributed by atoms with Crippen LogP contribution in [0, 0.1) is 5.92 Å². The van der Waals surface area contributed by atoms with Gasteiger partial charge >= 0.3 is 6.03 Å². The molecule has 0 spiro atoms. The molecule has 7 nitrogen and oxygen atoms in total. The molecule has 4 rings (SSSR count). The Bertz CT molecular complexity index is 748. The molecule has 2 aromatic heterocycles. The number of aromatic nitrogens is 3. The summed E-state index contributed by atoms with van der Waals surface area (Å²) in [6.45, 7) is 5.97. The number of aryl methyl sites for hydroxylation is 1. The number of carbonyl (C=O) groups is 1. The van der Waals surface area contributed by atoms with Crippen molar-refractivity contribution < 1.29 is 9.21 Å². The van der Waals surface area contributed by atoms with E-state index in [2.05, 4.69) is 28.5 Å². The standard InChI is InChI=1S/C18H25N5O2/c1-3-22-11-20-21-17(22)9-19-18(24)23(13-4-5-13)10-14-6-7-16(25-14)15-8-12(15)2/h6-7,11-13,15H,3-5,8-10H2,1-2H3,(H,19,24). The predicted octanol–water partition coefficient (Wildman–Crippen LogP) is 2.89. The Balaban J connectivity index is 1.37.